The highest BCUT2D eigenvalue weighted by Crippen LogP contribution is 2.09. The molecule has 1 N–H and O–H groups in total. The first kappa shape index (κ1) is 7.97. The molecule has 0 saturated heterocycles. The Labute approximate surface area is 75.4 Å². The van der Waals surface area contributed by atoms with E-state index in [0.29, 0.717) is 6.42 Å². The number of carbonyl (C=O) groups is 1. The lowest BCUT2D eigenvalue weighted by Gasteiger charge is -1.96. The lowest BCUT2D eigenvalue weighted by molar-refractivity contribution is -0.119. The van der Waals surface area contributed by atoms with Crippen LogP contribution < -0.4 is 5.43 Å². The first-order chi connectivity index (χ1) is 6.16. The molecule has 13 heavy (non-hydrogen) atoms. The molecule has 2 rings (SSSR count). The molecule has 5 nitrogen and oxygen atoms in total. The van der Waals surface area contributed by atoms with E-state index in [9.17, 15) is 4.79 Å². The quantitative estimate of drug-likeness (QED) is 0.655. The van der Waals surface area contributed by atoms with Gasteiger partial charge in [0.1, 0.15) is 0 Å². The third-order valence-electron chi connectivity index (χ3n) is 1.94. The van der Waals surface area contributed by atoms with Crippen molar-refractivity contribution in [3.05, 3.63) is 17.5 Å². The lowest BCUT2D eigenvalue weighted by Crippen LogP contribution is -2.10. The summed E-state index contributed by atoms with van der Waals surface area (Å²) in [5.74, 6) is -0.0612. The van der Waals surface area contributed by atoms with Crippen LogP contribution in [0.1, 0.15) is 17.8 Å². The molecule has 0 spiro atoms. The molecule has 2 heterocycles. The van der Waals surface area contributed by atoms with Gasteiger partial charge >= 0.3 is 0 Å². The van der Waals surface area contributed by atoms with Crippen molar-refractivity contribution in [2.45, 2.75) is 13.3 Å². The summed E-state index contributed by atoms with van der Waals surface area (Å²) < 4.78 is 1.73. The summed E-state index contributed by atoms with van der Waals surface area (Å²) in [5, 5.41) is 8.09. The van der Waals surface area contributed by atoms with Crippen molar-refractivity contribution < 1.29 is 4.79 Å². The Morgan fingerprint density at radius 2 is 2.38 bits per heavy atom. The highest BCUT2D eigenvalue weighted by atomic mass is 16.2. The van der Waals surface area contributed by atoms with Gasteiger partial charge in [-0.1, -0.05) is 0 Å². The minimum Gasteiger partial charge on any atom is -0.273 e. The standard InChI is InChI=1S/C8H10N4O/c1-5-3-7(12(2)11-5)6-4-8(13)10-9-6/h3H,4H2,1-2H3,(H,10,13). The molecule has 1 aliphatic heterocycles. The van der Waals surface area contributed by atoms with E-state index >= 15 is 0 Å². The number of aromatic nitrogens is 2. The number of nitrogens with one attached hydrogen (secondary N) is 1. The summed E-state index contributed by atoms with van der Waals surface area (Å²) in [6.45, 7) is 1.91. The number of aryl methyl sites for hydroxylation is 2. The third kappa shape index (κ3) is 1.32. The van der Waals surface area contributed by atoms with Crippen LogP contribution in [0.5, 0.6) is 0 Å². The molecule has 0 radical (unpaired) electrons. The zero-order valence-electron chi connectivity index (χ0n) is 7.53. The van der Waals surface area contributed by atoms with Crippen LogP contribution in [-0.4, -0.2) is 21.4 Å². The first-order valence-corrected chi connectivity index (χ1v) is 4.03. The summed E-state index contributed by atoms with van der Waals surface area (Å²) >= 11 is 0. The van der Waals surface area contributed by atoms with E-state index in [2.05, 4.69) is 15.6 Å². The van der Waals surface area contributed by atoms with Crippen molar-refractivity contribution in [2.24, 2.45) is 12.1 Å². The number of amides is 1. The fraction of sp³-hybridized carbons (Fsp3) is 0.375. The van der Waals surface area contributed by atoms with Crippen LogP contribution in [-0.2, 0) is 11.8 Å². The molecular formula is C8H10N4O. The number of hydrazone groups is 1. The molecule has 0 unspecified atom stereocenters. The summed E-state index contributed by atoms with van der Waals surface area (Å²) in [4.78, 5) is 10.9. The van der Waals surface area contributed by atoms with Gasteiger partial charge < -0.3 is 0 Å². The van der Waals surface area contributed by atoms with Crippen molar-refractivity contribution >= 4 is 11.6 Å². The van der Waals surface area contributed by atoms with E-state index in [0.717, 1.165) is 17.1 Å². The fourth-order valence-corrected chi connectivity index (χ4v) is 1.39. The van der Waals surface area contributed by atoms with Gasteiger partial charge in [-0.2, -0.15) is 10.2 Å². The van der Waals surface area contributed by atoms with Gasteiger partial charge in [0.25, 0.3) is 0 Å². The molecule has 1 amide bonds. The second-order valence-corrected chi connectivity index (χ2v) is 3.06. The molecule has 0 aliphatic carbocycles. The van der Waals surface area contributed by atoms with E-state index in [-0.39, 0.29) is 5.91 Å². The molecule has 0 atom stereocenters. The molecule has 0 fully saturated rings. The zero-order chi connectivity index (χ0) is 9.42. The topological polar surface area (TPSA) is 59.3 Å². The second kappa shape index (κ2) is 2.69. The molecular weight excluding hydrogens is 168 g/mol. The SMILES string of the molecule is Cc1cc(C2=NNC(=O)C2)n(C)n1. The van der Waals surface area contributed by atoms with E-state index in [1.807, 2.05) is 20.0 Å². The Balaban J connectivity index is 2.36. The van der Waals surface area contributed by atoms with E-state index in [1.165, 1.54) is 0 Å². The Hall–Kier alpha value is -1.65. The Kier molecular flexibility index (Phi) is 1.65. The number of nitrogens with zero attached hydrogens (tertiary/aromatic N) is 3. The summed E-state index contributed by atoms with van der Waals surface area (Å²) in [6.07, 6.45) is 0.346. The van der Waals surface area contributed by atoms with E-state index < -0.39 is 0 Å². The maximum absolute atomic E-state index is 10.9. The fourth-order valence-electron chi connectivity index (χ4n) is 1.39. The number of rotatable bonds is 1. The first-order valence-electron chi connectivity index (χ1n) is 4.03. The number of carbonyl (C=O) groups excluding carboxylic acids is 1. The van der Waals surface area contributed by atoms with Gasteiger partial charge in [-0.15, -0.1) is 0 Å². The van der Waals surface area contributed by atoms with Crippen LogP contribution in [0.15, 0.2) is 11.2 Å². The van der Waals surface area contributed by atoms with Gasteiger partial charge in [0.05, 0.1) is 23.5 Å². The minimum absolute atomic E-state index is 0.0612. The molecule has 68 valence electrons. The van der Waals surface area contributed by atoms with Gasteiger partial charge in [0.2, 0.25) is 5.91 Å². The Morgan fingerprint density at radius 1 is 1.62 bits per heavy atom. The molecule has 5 heteroatoms. The highest BCUT2D eigenvalue weighted by Gasteiger charge is 2.18. The van der Waals surface area contributed by atoms with Gasteiger partial charge in [0.15, 0.2) is 0 Å². The van der Waals surface area contributed by atoms with Gasteiger partial charge in [-0.3, -0.25) is 9.48 Å². The van der Waals surface area contributed by atoms with Crippen molar-refractivity contribution in [1.82, 2.24) is 15.2 Å². The zero-order valence-corrected chi connectivity index (χ0v) is 7.53. The van der Waals surface area contributed by atoms with Crippen LogP contribution in [0.3, 0.4) is 0 Å². The predicted octanol–water partition coefficient (Wildman–Crippen LogP) is -0.0475. The highest BCUT2D eigenvalue weighted by molar-refractivity contribution is 6.12. The minimum atomic E-state index is -0.0612. The molecule has 1 aliphatic rings. The van der Waals surface area contributed by atoms with Gasteiger partial charge in [-0.05, 0) is 13.0 Å². The van der Waals surface area contributed by atoms with Gasteiger partial charge in [-0.25, -0.2) is 5.43 Å². The average Bonchev–Trinajstić information content (AvgIpc) is 2.58. The smallest absolute Gasteiger partial charge is 0.246 e. The summed E-state index contributed by atoms with van der Waals surface area (Å²) in [7, 11) is 1.84. The number of hydrogen-bond donors (Lipinski definition) is 1. The lowest BCUT2D eigenvalue weighted by atomic mass is 10.2. The van der Waals surface area contributed by atoms with Crippen molar-refractivity contribution in [2.75, 3.05) is 0 Å². The number of hydrogen-bond acceptors (Lipinski definition) is 3. The molecule has 0 saturated carbocycles. The molecule has 0 bridgehead atoms. The van der Waals surface area contributed by atoms with Crippen LogP contribution in [0.4, 0.5) is 0 Å². The third-order valence-corrected chi connectivity index (χ3v) is 1.94. The Morgan fingerprint density at radius 3 is 2.85 bits per heavy atom. The van der Waals surface area contributed by atoms with Crippen LogP contribution in [0.25, 0.3) is 0 Å². The molecule has 1 aromatic rings. The predicted molar refractivity (Wildman–Crippen MR) is 47.2 cm³/mol. The second-order valence-electron chi connectivity index (χ2n) is 3.06. The molecule has 1 aromatic heterocycles. The van der Waals surface area contributed by atoms with Crippen molar-refractivity contribution in [3.8, 4) is 0 Å². The van der Waals surface area contributed by atoms with Crippen LogP contribution in [0.2, 0.25) is 0 Å². The normalized spacial score (nSPS) is 15.8. The van der Waals surface area contributed by atoms with E-state index in [4.69, 9.17) is 0 Å². The summed E-state index contributed by atoms with van der Waals surface area (Å²) in [5.41, 5.74) is 5.00. The van der Waals surface area contributed by atoms with Crippen molar-refractivity contribution in [1.29, 1.82) is 0 Å². The average molecular weight is 178 g/mol. The van der Waals surface area contributed by atoms with Gasteiger partial charge in [0, 0.05) is 7.05 Å². The van der Waals surface area contributed by atoms with Crippen molar-refractivity contribution in [3.63, 3.8) is 0 Å². The van der Waals surface area contributed by atoms with Crippen LogP contribution in [0, 0.1) is 6.92 Å². The van der Waals surface area contributed by atoms with Crippen LogP contribution >= 0.6 is 0 Å². The molecule has 0 aromatic carbocycles. The largest absolute Gasteiger partial charge is 0.273 e. The maximum Gasteiger partial charge on any atom is 0.246 e. The van der Waals surface area contributed by atoms with E-state index in [1.54, 1.807) is 4.68 Å². The maximum atomic E-state index is 10.9. The summed E-state index contributed by atoms with van der Waals surface area (Å²) in [6, 6.07) is 1.92. The Bertz CT molecular complexity index is 391. The monoisotopic (exact) mass is 178 g/mol.